The molecule has 0 aliphatic carbocycles. The highest BCUT2D eigenvalue weighted by atomic mass is 35.5. The Labute approximate surface area is 157 Å². The molecular weight excluding hydrogens is 354 g/mol. The lowest BCUT2D eigenvalue weighted by atomic mass is 10.1. The van der Waals surface area contributed by atoms with E-state index in [1.54, 1.807) is 0 Å². The summed E-state index contributed by atoms with van der Waals surface area (Å²) in [6.07, 6.45) is 0.407. The summed E-state index contributed by atoms with van der Waals surface area (Å²) in [5.41, 5.74) is 1.57. The third-order valence-electron chi connectivity index (χ3n) is 4.62. The number of nitro groups is 1. The zero-order chi connectivity index (χ0) is 18.5. The molecule has 0 saturated carbocycles. The highest BCUT2D eigenvalue weighted by molar-refractivity contribution is 6.33. The molecule has 0 N–H and O–H groups in total. The van der Waals surface area contributed by atoms with Crippen LogP contribution in [-0.4, -0.2) is 48.3 Å². The fraction of sp³-hybridized carbons (Fsp3) is 0.316. The van der Waals surface area contributed by atoms with E-state index in [1.165, 1.54) is 24.3 Å². The topological polar surface area (TPSA) is 66.7 Å². The molecule has 1 saturated heterocycles. The number of para-hydroxylation sites is 1. The minimum atomic E-state index is -0.466. The number of ketones is 1. The highest BCUT2D eigenvalue weighted by Crippen LogP contribution is 2.26. The average molecular weight is 374 g/mol. The van der Waals surface area contributed by atoms with Crippen LogP contribution in [-0.2, 0) is 0 Å². The Morgan fingerprint density at radius 2 is 1.69 bits per heavy atom. The van der Waals surface area contributed by atoms with Crippen molar-refractivity contribution in [2.45, 2.75) is 6.42 Å². The van der Waals surface area contributed by atoms with Crippen LogP contribution in [0.4, 0.5) is 11.4 Å². The molecule has 1 heterocycles. The molecule has 2 aromatic carbocycles. The van der Waals surface area contributed by atoms with E-state index in [1.807, 2.05) is 24.3 Å². The van der Waals surface area contributed by atoms with E-state index in [2.05, 4.69) is 9.80 Å². The quantitative estimate of drug-likeness (QED) is 0.439. The van der Waals surface area contributed by atoms with E-state index < -0.39 is 4.92 Å². The molecule has 6 nitrogen and oxygen atoms in total. The molecule has 0 amide bonds. The van der Waals surface area contributed by atoms with Crippen molar-refractivity contribution in [3.05, 3.63) is 69.2 Å². The number of nitro benzene ring substituents is 1. The van der Waals surface area contributed by atoms with E-state index in [-0.39, 0.29) is 11.5 Å². The second-order valence-corrected chi connectivity index (χ2v) is 6.66. The van der Waals surface area contributed by atoms with Gasteiger partial charge in [0.2, 0.25) is 0 Å². The molecule has 1 aliphatic rings. The Morgan fingerprint density at radius 3 is 2.31 bits per heavy atom. The van der Waals surface area contributed by atoms with Crippen molar-refractivity contribution >= 4 is 28.8 Å². The minimum Gasteiger partial charge on any atom is -0.368 e. The van der Waals surface area contributed by atoms with Crippen LogP contribution in [0.3, 0.4) is 0 Å². The molecule has 0 atom stereocenters. The largest absolute Gasteiger partial charge is 0.368 e. The second-order valence-electron chi connectivity index (χ2n) is 6.26. The first-order valence-corrected chi connectivity index (χ1v) is 8.92. The van der Waals surface area contributed by atoms with Crippen LogP contribution in [0.5, 0.6) is 0 Å². The van der Waals surface area contributed by atoms with Crippen molar-refractivity contribution in [3.63, 3.8) is 0 Å². The van der Waals surface area contributed by atoms with Crippen molar-refractivity contribution in [2.24, 2.45) is 0 Å². The molecule has 0 aromatic heterocycles. The summed E-state index contributed by atoms with van der Waals surface area (Å²) in [5, 5.41) is 11.4. The van der Waals surface area contributed by atoms with Crippen LogP contribution in [0.25, 0.3) is 0 Å². The molecule has 2 aromatic rings. The smallest absolute Gasteiger partial charge is 0.269 e. The van der Waals surface area contributed by atoms with Crippen LogP contribution in [0.2, 0.25) is 5.02 Å². The van der Waals surface area contributed by atoms with E-state index in [4.69, 9.17) is 11.6 Å². The van der Waals surface area contributed by atoms with Crippen molar-refractivity contribution in [1.82, 2.24) is 4.90 Å². The Balaban J connectivity index is 1.48. The van der Waals surface area contributed by atoms with Crippen LogP contribution >= 0.6 is 11.6 Å². The van der Waals surface area contributed by atoms with Crippen LogP contribution in [0, 0.1) is 10.1 Å². The van der Waals surface area contributed by atoms with Gasteiger partial charge in [-0.1, -0.05) is 23.7 Å². The zero-order valence-electron chi connectivity index (χ0n) is 14.3. The first kappa shape index (κ1) is 18.4. The van der Waals surface area contributed by atoms with Gasteiger partial charge < -0.3 is 4.90 Å². The molecule has 1 fully saturated rings. The van der Waals surface area contributed by atoms with Crippen LogP contribution < -0.4 is 4.90 Å². The number of halogens is 1. The van der Waals surface area contributed by atoms with Gasteiger partial charge in [-0.3, -0.25) is 19.8 Å². The Hall–Kier alpha value is -2.44. The number of nitrogens with zero attached hydrogens (tertiary/aromatic N) is 3. The number of anilines is 1. The molecule has 0 unspecified atom stereocenters. The molecule has 0 bridgehead atoms. The van der Waals surface area contributed by atoms with Crippen LogP contribution in [0.1, 0.15) is 16.8 Å². The standard InChI is InChI=1S/C19H20ClN3O3/c20-17-3-1-2-4-18(17)22-13-11-21(12-14-22)10-9-19(24)15-5-7-16(8-6-15)23(25)26/h1-8H,9-14H2. The molecule has 7 heteroatoms. The van der Waals surface area contributed by atoms with E-state index in [9.17, 15) is 14.9 Å². The molecule has 0 spiro atoms. The number of carbonyl (C=O) groups is 1. The highest BCUT2D eigenvalue weighted by Gasteiger charge is 2.19. The third-order valence-corrected chi connectivity index (χ3v) is 4.94. The fourth-order valence-electron chi connectivity index (χ4n) is 3.09. The summed E-state index contributed by atoms with van der Waals surface area (Å²) in [4.78, 5) is 27.0. The van der Waals surface area contributed by atoms with Gasteiger partial charge in [0.25, 0.3) is 5.69 Å². The predicted molar refractivity (Wildman–Crippen MR) is 102 cm³/mol. The number of rotatable bonds is 6. The number of carbonyl (C=O) groups excluding carboxylic acids is 1. The summed E-state index contributed by atoms with van der Waals surface area (Å²) < 4.78 is 0. The molecule has 0 radical (unpaired) electrons. The normalized spacial score (nSPS) is 15.0. The van der Waals surface area contributed by atoms with E-state index in [0.717, 1.165) is 36.9 Å². The van der Waals surface area contributed by atoms with Gasteiger partial charge in [-0.15, -0.1) is 0 Å². The van der Waals surface area contributed by atoms with Gasteiger partial charge in [-0.2, -0.15) is 0 Å². The van der Waals surface area contributed by atoms with Gasteiger partial charge in [0.1, 0.15) is 0 Å². The lowest BCUT2D eigenvalue weighted by Crippen LogP contribution is -2.47. The SMILES string of the molecule is O=C(CCN1CCN(c2ccccc2Cl)CC1)c1ccc([N+](=O)[O-])cc1. The molecule has 136 valence electrons. The molecule has 26 heavy (non-hydrogen) atoms. The maximum Gasteiger partial charge on any atom is 0.269 e. The summed E-state index contributed by atoms with van der Waals surface area (Å²) >= 11 is 6.25. The van der Waals surface area contributed by atoms with Crippen molar-refractivity contribution in [2.75, 3.05) is 37.6 Å². The number of hydrogen-bond acceptors (Lipinski definition) is 5. The lowest BCUT2D eigenvalue weighted by Gasteiger charge is -2.36. The van der Waals surface area contributed by atoms with Gasteiger partial charge in [-0.05, 0) is 24.3 Å². The van der Waals surface area contributed by atoms with Crippen molar-refractivity contribution in [1.29, 1.82) is 0 Å². The van der Waals surface area contributed by atoms with Gasteiger partial charge in [0, 0.05) is 56.8 Å². The number of Topliss-reactive ketones (excluding diaryl/α,β-unsaturated/α-hetero) is 1. The molecule has 3 rings (SSSR count). The summed E-state index contributed by atoms with van der Waals surface area (Å²) in [6, 6.07) is 13.6. The monoisotopic (exact) mass is 373 g/mol. The van der Waals surface area contributed by atoms with Crippen molar-refractivity contribution < 1.29 is 9.72 Å². The van der Waals surface area contributed by atoms with E-state index in [0.29, 0.717) is 18.5 Å². The molecular formula is C19H20ClN3O3. The molecule has 1 aliphatic heterocycles. The Morgan fingerprint density at radius 1 is 1.04 bits per heavy atom. The minimum absolute atomic E-state index is 0.00255. The first-order chi connectivity index (χ1) is 12.5. The fourth-order valence-corrected chi connectivity index (χ4v) is 3.35. The number of piperazine rings is 1. The maximum atomic E-state index is 12.3. The number of benzene rings is 2. The zero-order valence-corrected chi connectivity index (χ0v) is 15.1. The van der Waals surface area contributed by atoms with Crippen molar-refractivity contribution in [3.8, 4) is 0 Å². The lowest BCUT2D eigenvalue weighted by molar-refractivity contribution is -0.384. The van der Waals surface area contributed by atoms with E-state index >= 15 is 0 Å². The van der Waals surface area contributed by atoms with Gasteiger partial charge in [0.15, 0.2) is 5.78 Å². The second kappa shape index (κ2) is 8.29. The number of hydrogen-bond donors (Lipinski definition) is 0. The Kier molecular flexibility index (Phi) is 5.85. The van der Waals surface area contributed by atoms with Gasteiger partial charge in [0.05, 0.1) is 15.6 Å². The summed E-state index contributed by atoms with van der Waals surface area (Å²) in [6.45, 7) is 4.18. The predicted octanol–water partition coefficient (Wildman–Crippen LogP) is 3.64. The third kappa shape index (κ3) is 4.39. The van der Waals surface area contributed by atoms with Gasteiger partial charge >= 0.3 is 0 Å². The van der Waals surface area contributed by atoms with Crippen LogP contribution in [0.15, 0.2) is 48.5 Å². The first-order valence-electron chi connectivity index (χ1n) is 8.54. The average Bonchev–Trinajstić information content (AvgIpc) is 2.67. The summed E-state index contributed by atoms with van der Waals surface area (Å²) in [7, 11) is 0. The Bertz CT molecular complexity index is 787. The van der Waals surface area contributed by atoms with Gasteiger partial charge in [-0.25, -0.2) is 0 Å². The maximum absolute atomic E-state index is 12.3. The number of non-ortho nitro benzene ring substituents is 1. The summed E-state index contributed by atoms with van der Waals surface area (Å²) in [5.74, 6) is 0.00781.